The van der Waals surface area contributed by atoms with E-state index in [1.165, 1.54) is 6.92 Å². The van der Waals surface area contributed by atoms with E-state index >= 15 is 0 Å². The molecule has 0 fully saturated rings. The van der Waals surface area contributed by atoms with Crippen molar-refractivity contribution >= 4 is 5.97 Å². The standard InChI is InChI=1S/C7H11NO2/c1-6(9)10-8-7-4-2-3-5-7/h4,8H,2-3,5H2,1H3. The van der Waals surface area contributed by atoms with Gasteiger partial charge in [-0.1, -0.05) is 6.08 Å². The number of hydrogen-bond acceptors (Lipinski definition) is 3. The second-order valence-electron chi connectivity index (χ2n) is 2.32. The summed E-state index contributed by atoms with van der Waals surface area (Å²) in [7, 11) is 0. The first-order valence-corrected chi connectivity index (χ1v) is 3.41. The fraction of sp³-hybridized carbons (Fsp3) is 0.571. The molecule has 10 heavy (non-hydrogen) atoms. The van der Waals surface area contributed by atoms with E-state index < -0.39 is 0 Å². The average Bonchev–Trinajstić information content (AvgIpc) is 2.34. The van der Waals surface area contributed by atoms with E-state index in [0.717, 1.165) is 25.0 Å². The van der Waals surface area contributed by atoms with E-state index in [1.54, 1.807) is 0 Å². The lowest BCUT2D eigenvalue weighted by molar-refractivity contribution is -0.146. The molecule has 0 aromatic heterocycles. The number of nitrogens with one attached hydrogen (secondary N) is 1. The van der Waals surface area contributed by atoms with E-state index in [0.29, 0.717) is 0 Å². The number of hydroxylamine groups is 1. The zero-order valence-corrected chi connectivity index (χ0v) is 6.02. The van der Waals surface area contributed by atoms with Crippen molar-refractivity contribution in [3.8, 4) is 0 Å². The van der Waals surface area contributed by atoms with Crippen molar-refractivity contribution < 1.29 is 9.63 Å². The van der Waals surface area contributed by atoms with Crippen molar-refractivity contribution in [2.24, 2.45) is 0 Å². The van der Waals surface area contributed by atoms with Crippen molar-refractivity contribution in [1.29, 1.82) is 0 Å². The summed E-state index contributed by atoms with van der Waals surface area (Å²) < 4.78 is 0. The van der Waals surface area contributed by atoms with Crippen LogP contribution in [0.1, 0.15) is 26.2 Å². The van der Waals surface area contributed by atoms with Gasteiger partial charge in [0, 0.05) is 12.6 Å². The fourth-order valence-corrected chi connectivity index (χ4v) is 0.901. The Labute approximate surface area is 60.0 Å². The quantitative estimate of drug-likeness (QED) is 0.585. The SMILES string of the molecule is CC(=O)ONC1=CCCC1. The number of rotatable bonds is 2. The molecule has 0 aromatic rings. The van der Waals surface area contributed by atoms with Gasteiger partial charge >= 0.3 is 5.97 Å². The molecule has 1 rings (SSSR count). The Balaban J connectivity index is 2.19. The maximum Gasteiger partial charge on any atom is 0.329 e. The van der Waals surface area contributed by atoms with Crippen LogP contribution in [0.25, 0.3) is 0 Å². The third kappa shape index (κ3) is 2.09. The highest BCUT2D eigenvalue weighted by Gasteiger charge is 2.03. The molecule has 0 aromatic carbocycles. The highest BCUT2D eigenvalue weighted by atomic mass is 16.7. The van der Waals surface area contributed by atoms with Gasteiger partial charge in [0.2, 0.25) is 0 Å². The topological polar surface area (TPSA) is 38.3 Å². The highest BCUT2D eigenvalue weighted by molar-refractivity contribution is 5.65. The molecule has 3 nitrogen and oxygen atoms in total. The van der Waals surface area contributed by atoms with E-state index in [1.807, 2.05) is 6.08 Å². The third-order valence-corrected chi connectivity index (χ3v) is 1.37. The second-order valence-corrected chi connectivity index (χ2v) is 2.32. The molecule has 0 unspecified atom stereocenters. The Hall–Kier alpha value is -0.990. The minimum Gasteiger partial charge on any atom is -0.344 e. The van der Waals surface area contributed by atoms with E-state index in [4.69, 9.17) is 0 Å². The number of carbonyl (C=O) groups is 1. The van der Waals surface area contributed by atoms with Crippen molar-refractivity contribution in [2.75, 3.05) is 0 Å². The predicted octanol–water partition coefficient (Wildman–Crippen LogP) is 1.12. The first-order chi connectivity index (χ1) is 4.79. The van der Waals surface area contributed by atoms with Crippen LogP contribution in [-0.2, 0) is 9.63 Å². The summed E-state index contributed by atoms with van der Waals surface area (Å²) in [6.45, 7) is 1.38. The third-order valence-electron chi connectivity index (χ3n) is 1.37. The van der Waals surface area contributed by atoms with Crippen molar-refractivity contribution in [2.45, 2.75) is 26.2 Å². The fourth-order valence-electron chi connectivity index (χ4n) is 0.901. The molecule has 1 aliphatic rings. The lowest BCUT2D eigenvalue weighted by Gasteiger charge is -2.03. The van der Waals surface area contributed by atoms with Crippen LogP contribution in [0.2, 0.25) is 0 Å². The van der Waals surface area contributed by atoms with Crippen LogP contribution < -0.4 is 5.48 Å². The van der Waals surface area contributed by atoms with Gasteiger partial charge in [-0.2, -0.15) is 0 Å². The van der Waals surface area contributed by atoms with Crippen LogP contribution in [0, 0.1) is 0 Å². The minimum atomic E-state index is -0.298. The van der Waals surface area contributed by atoms with Crippen LogP contribution >= 0.6 is 0 Å². The van der Waals surface area contributed by atoms with Gasteiger partial charge in [-0.25, -0.2) is 5.48 Å². The summed E-state index contributed by atoms with van der Waals surface area (Å²) in [6.07, 6.45) is 5.28. The molecule has 56 valence electrons. The van der Waals surface area contributed by atoms with Gasteiger partial charge < -0.3 is 4.84 Å². The van der Waals surface area contributed by atoms with Gasteiger partial charge in [0.05, 0.1) is 0 Å². The molecule has 3 heteroatoms. The van der Waals surface area contributed by atoms with Gasteiger partial charge in [0.25, 0.3) is 0 Å². The first-order valence-electron chi connectivity index (χ1n) is 3.41. The normalized spacial score (nSPS) is 16.3. The van der Waals surface area contributed by atoms with Crippen molar-refractivity contribution in [1.82, 2.24) is 5.48 Å². The Morgan fingerprint density at radius 1 is 1.80 bits per heavy atom. The van der Waals surface area contributed by atoms with Crippen LogP contribution in [0.5, 0.6) is 0 Å². The molecule has 1 aliphatic carbocycles. The predicted molar refractivity (Wildman–Crippen MR) is 36.8 cm³/mol. The summed E-state index contributed by atoms with van der Waals surface area (Å²) in [4.78, 5) is 14.9. The highest BCUT2D eigenvalue weighted by Crippen LogP contribution is 2.14. The first kappa shape index (κ1) is 7.12. The van der Waals surface area contributed by atoms with E-state index in [-0.39, 0.29) is 5.97 Å². The van der Waals surface area contributed by atoms with E-state index in [9.17, 15) is 4.79 Å². The number of allylic oxidation sites excluding steroid dienone is 2. The molecule has 0 amide bonds. The molecule has 0 aliphatic heterocycles. The maximum absolute atomic E-state index is 10.3. The van der Waals surface area contributed by atoms with Gasteiger partial charge in [-0.3, -0.25) is 4.79 Å². The molecule has 0 bridgehead atoms. The minimum absolute atomic E-state index is 0.298. The molecule has 0 heterocycles. The summed E-state index contributed by atoms with van der Waals surface area (Å²) in [5.41, 5.74) is 3.62. The molecule has 0 saturated heterocycles. The summed E-state index contributed by atoms with van der Waals surface area (Å²) in [6, 6.07) is 0. The van der Waals surface area contributed by atoms with Crippen LogP contribution in [0.4, 0.5) is 0 Å². The molecule has 0 spiro atoms. The summed E-state index contributed by atoms with van der Waals surface area (Å²) in [5, 5.41) is 0. The Bertz CT molecular complexity index is 163. The second kappa shape index (κ2) is 3.25. The Morgan fingerprint density at radius 2 is 2.60 bits per heavy atom. The van der Waals surface area contributed by atoms with Crippen LogP contribution in [0.3, 0.4) is 0 Å². The molecule has 1 N–H and O–H groups in total. The molecular weight excluding hydrogens is 130 g/mol. The van der Waals surface area contributed by atoms with Crippen LogP contribution in [0.15, 0.2) is 11.8 Å². The van der Waals surface area contributed by atoms with Gasteiger partial charge in [0.15, 0.2) is 0 Å². The molecule has 0 atom stereocenters. The van der Waals surface area contributed by atoms with Crippen molar-refractivity contribution in [3.05, 3.63) is 11.8 Å². The van der Waals surface area contributed by atoms with Crippen molar-refractivity contribution in [3.63, 3.8) is 0 Å². The van der Waals surface area contributed by atoms with Gasteiger partial charge in [-0.05, 0) is 19.3 Å². The summed E-state index contributed by atoms with van der Waals surface area (Å²) >= 11 is 0. The van der Waals surface area contributed by atoms with Crippen LogP contribution in [-0.4, -0.2) is 5.97 Å². The largest absolute Gasteiger partial charge is 0.344 e. The zero-order valence-electron chi connectivity index (χ0n) is 6.02. The Kier molecular flexibility index (Phi) is 2.31. The lowest BCUT2D eigenvalue weighted by Crippen LogP contribution is -2.15. The zero-order chi connectivity index (χ0) is 7.40. The molecular formula is C7H11NO2. The Morgan fingerprint density at radius 3 is 3.10 bits per heavy atom. The lowest BCUT2D eigenvalue weighted by atomic mass is 10.3. The van der Waals surface area contributed by atoms with Gasteiger partial charge in [-0.15, -0.1) is 0 Å². The maximum atomic E-state index is 10.3. The number of hydrogen-bond donors (Lipinski definition) is 1. The molecule has 0 saturated carbocycles. The molecule has 0 radical (unpaired) electrons. The average molecular weight is 141 g/mol. The number of carbonyl (C=O) groups excluding carboxylic acids is 1. The smallest absolute Gasteiger partial charge is 0.329 e. The van der Waals surface area contributed by atoms with E-state index in [2.05, 4.69) is 10.3 Å². The monoisotopic (exact) mass is 141 g/mol. The van der Waals surface area contributed by atoms with Gasteiger partial charge in [0.1, 0.15) is 0 Å². The summed E-state index contributed by atoms with van der Waals surface area (Å²) in [5.74, 6) is -0.298.